The lowest BCUT2D eigenvalue weighted by Gasteiger charge is -1.99. The van der Waals surface area contributed by atoms with E-state index >= 15 is 0 Å². The van der Waals surface area contributed by atoms with E-state index in [1.54, 1.807) is 0 Å². The number of rotatable bonds is 2. The topological polar surface area (TPSA) is 17.1 Å². The molecule has 0 fully saturated rings. The number of thiophene rings is 1. The van der Waals surface area contributed by atoms with Gasteiger partial charge in [0, 0.05) is 9.85 Å². The maximum absolute atomic E-state index is 11.5. The summed E-state index contributed by atoms with van der Waals surface area (Å²) in [4.78, 5) is 12.1. The first kappa shape index (κ1) is 10.9. The van der Waals surface area contributed by atoms with E-state index in [-0.39, 0.29) is 10.6 Å². The summed E-state index contributed by atoms with van der Waals surface area (Å²) >= 11 is 11.4. The Morgan fingerprint density at radius 2 is 2.17 bits per heavy atom. The highest BCUT2D eigenvalue weighted by Gasteiger charge is 2.18. The number of hydrogen-bond donors (Lipinski definition) is 0. The number of Topliss-reactive ketones (excluding diaryl/α,β-unsaturated/α-hetero) is 1. The Balaban J connectivity index is 3.04. The summed E-state index contributed by atoms with van der Waals surface area (Å²) < 4.78 is 1.78. The maximum atomic E-state index is 11.5. The van der Waals surface area contributed by atoms with Crippen LogP contribution in [0.1, 0.15) is 16.6 Å². The van der Waals surface area contributed by atoms with Gasteiger partial charge in [0.1, 0.15) is 0 Å². The number of halogens is 3. The molecule has 1 aromatic rings. The first-order valence-corrected chi connectivity index (χ1v) is 6.53. The average Bonchev–Trinajstić information content (AvgIpc) is 2.32. The summed E-state index contributed by atoms with van der Waals surface area (Å²) in [6.07, 6.45) is 0. The Hall–Kier alpha value is 0.810. The van der Waals surface area contributed by atoms with Gasteiger partial charge in [-0.1, -0.05) is 15.9 Å². The fraction of sp³-hybridized carbons (Fsp3) is 0.286. The standard InChI is InChI=1S/C7H5Br3OS/c1-3(8)6(11)7-5(10)4(9)2-12-7/h2-3H,1H3. The van der Waals surface area contributed by atoms with Gasteiger partial charge in [-0.3, -0.25) is 4.79 Å². The van der Waals surface area contributed by atoms with Gasteiger partial charge in [0.05, 0.1) is 14.2 Å². The molecule has 1 atom stereocenters. The highest BCUT2D eigenvalue weighted by molar-refractivity contribution is 9.13. The van der Waals surface area contributed by atoms with E-state index in [0.717, 1.165) is 13.8 Å². The van der Waals surface area contributed by atoms with Crippen LogP contribution in [0.3, 0.4) is 0 Å². The Kier molecular flexibility index (Phi) is 3.95. The highest BCUT2D eigenvalue weighted by Crippen LogP contribution is 2.33. The van der Waals surface area contributed by atoms with Crippen molar-refractivity contribution in [1.82, 2.24) is 0 Å². The second kappa shape index (κ2) is 4.35. The van der Waals surface area contributed by atoms with Crippen LogP contribution in [0, 0.1) is 0 Å². The van der Waals surface area contributed by atoms with Crippen molar-refractivity contribution in [2.24, 2.45) is 0 Å². The second-order valence-electron chi connectivity index (χ2n) is 2.21. The first-order valence-electron chi connectivity index (χ1n) is 3.14. The van der Waals surface area contributed by atoms with E-state index in [0.29, 0.717) is 0 Å². The summed E-state index contributed by atoms with van der Waals surface area (Å²) in [6.45, 7) is 1.82. The van der Waals surface area contributed by atoms with Crippen molar-refractivity contribution >= 4 is 64.9 Å². The third kappa shape index (κ3) is 2.19. The van der Waals surface area contributed by atoms with Crippen LogP contribution in [-0.4, -0.2) is 10.6 Å². The number of carbonyl (C=O) groups is 1. The Bertz CT molecular complexity index is 306. The molecule has 1 aromatic heterocycles. The smallest absolute Gasteiger partial charge is 0.187 e. The Labute approximate surface area is 99.9 Å². The van der Waals surface area contributed by atoms with Gasteiger partial charge in [-0.15, -0.1) is 11.3 Å². The zero-order chi connectivity index (χ0) is 9.30. The van der Waals surface area contributed by atoms with Crippen LogP contribution < -0.4 is 0 Å². The third-order valence-electron chi connectivity index (χ3n) is 1.27. The zero-order valence-corrected chi connectivity index (χ0v) is 11.7. The van der Waals surface area contributed by atoms with Crippen molar-refractivity contribution in [3.8, 4) is 0 Å². The quantitative estimate of drug-likeness (QED) is 0.557. The molecule has 66 valence electrons. The molecule has 0 aliphatic carbocycles. The molecule has 5 heteroatoms. The molecule has 0 amide bonds. The SMILES string of the molecule is CC(Br)C(=O)c1scc(Br)c1Br. The lowest BCUT2D eigenvalue weighted by Crippen LogP contribution is -2.08. The molecule has 12 heavy (non-hydrogen) atoms. The summed E-state index contributed by atoms with van der Waals surface area (Å²) in [6, 6.07) is 0. The molecule has 0 radical (unpaired) electrons. The second-order valence-corrected chi connectivity index (χ2v) is 6.11. The number of hydrogen-bond acceptors (Lipinski definition) is 2. The molecule has 0 bridgehead atoms. The van der Waals surface area contributed by atoms with Gasteiger partial charge in [-0.05, 0) is 38.8 Å². The molecule has 1 unspecified atom stereocenters. The minimum Gasteiger partial charge on any atom is -0.292 e. The van der Waals surface area contributed by atoms with E-state index in [2.05, 4.69) is 47.8 Å². The molecule has 0 aliphatic heterocycles. The van der Waals surface area contributed by atoms with Crippen molar-refractivity contribution in [2.75, 3.05) is 0 Å². The average molecular weight is 377 g/mol. The summed E-state index contributed by atoms with van der Waals surface area (Å²) in [5.41, 5.74) is 0. The van der Waals surface area contributed by atoms with E-state index < -0.39 is 0 Å². The van der Waals surface area contributed by atoms with E-state index in [1.165, 1.54) is 11.3 Å². The summed E-state index contributed by atoms with van der Waals surface area (Å²) in [5, 5.41) is 1.90. The van der Waals surface area contributed by atoms with Crippen molar-refractivity contribution < 1.29 is 4.79 Å². The number of carbonyl (C=O) groups excluding carboxylic acids is 1. The molecular formula is C7H5Br3OS. The normalized spacial score (nSPS) is 13.0. The van der Waals surface area contributed by atoms with Gasteiger partial charge < -0.3 is 0 Å². The summed E-state index contributed by atoms with van der Waals surface area (Å²) in [5.74, 6) is 0.109. The van der Waals surface area contributed by atoms with Crippen LogP contribution in [0.15, 0.2) is 14.3 Å². The molecule has 0 spiro atoms. The fourth-order valence-corrected chi connectivity index (χ4v) is 3.25. The molecule has 0 aliphatic rings. The Morgan fingerprint density at radius 3 is 2.50 bits per heavy atom. The molecule has 0 saturated heterocycles. The van der Waals surface area contributed by atoms with Gasteiger partial charge in [-0.2, -0.15) is 0 Å². The van der Waals surface area contributed by atoms with E-state index in [4.69, 9.17) is 0 Å². The van der Waals surface area contributed by atoms with Gasteiger partial charge in [-0.25, -0.2) is 0 Å². The fourth-order valence-electron chi connectivity index (χ4n) is 0.669. The summed E-state index contributed by atoms with van der Waals surface area (Å²) in [7, 11) is 0. The zero-order valence-electron chi connectivity index (χ0n) is 6.11. The molecule has 1 heterocycles. The van der Waals surface area contributed by atoms with E-state index in [1.807, 2.05) is 12.3 Å². The number of ketones is 1. The van der Waals surface area contributed by atoms with Crippen LogP contribution >= 0.6 is 59.1 Å². The van der Waals surface area contributed by atoms with Crippen LogP contribution in [0.4, 0.5) is 0 Å². The van der Waals surface area contributed by atoms with Crippen LogP contribution in [0.25, 0.3) is 0 Å². The number of alkyl halides is 1. The largest absolute Gasteiger partial charge is 0.292 e. The molecule has 0 N–H and O–H groups in total. The predicted molar refractivity (Wildman–Crippen MR) is 62.4 cm³/mol. The predicted octanol–water partition coefficient (Wildman–Crippen LogP) is 4.24. The van der Waals surface area contributed by atoms with Gasteiger partial charge in [0.15, 0.2) is 5.78 Å². The highest BCUT2D eigenvalue weighted by atomic mass is 79.9. The van der Waals surface area contributed by atoms with Gasteiger partial charge >= 0.3 is 0 Å². The maximum Gasteiger partial charge on any atom is 0.187 e. The van der Waals surface area contributed by atoms with Gasteiger partial charge in [0.2, 0.25) is 0 Å². The first-order chi connectivity index (χ1) is 5.54. The lowest BCUT2D eigenvalue weighted by atomic mass is 10.3. The minimum atomic E-state index is -0.126. The Morgan fingerprint density at radius 1 is 1.58 bits per heavy atom. The van der Waals surface area contributed by atoms with Crippen molar-refractivity contribution in [3.05, 3.63) is 19.2 Å². The minimum absolute atomic E-state index is 0.109. The van der Waals surface area contributed by atoms with Crippen molar-refractivity contribution in [1.29, 1.82) is 0 Å². The van der Waals surface area contributed by atoms with Crippen LogP contribution in [0.2, 0.25) is 0 Å². The molecule has 0 saturated carbocycles. The van der Waals surface area contributed by atoms with Crippen molar-refractivity contribution in [3.63, 3.8) is 0 Å². The lowest BCUT2D eigenvalue weighted by molar-refractivity contribution is 0.0999. The van der Waals surface area contributed by atoms with Gasteiger partial charge in [0.25, 0.3) is 0 Å². The van der Waals surface area contributed by atoms with Crippen LogP contribution in [-0.2, 0) is 0 Å². The molecular weight excluding hydrogens is 372 g/mol. The monoisotopic (exact) mass is 374 g/mol. The van der Waals surface area contributed by atoms with Crippen molar-refractivity contribution in [2.45, 2.75) is 11.8 Å². The molecule has 1 rings (SSSR count). The van der Waals surface area contributed by atoms with E-state index in [9.17, 15) is 4.79 Å². The third-order valence-corrected chi connectivity index (χ3v) is 5.23. The molecule has 0 aromatic carbocycles. The molecule has 1 nitrogen and oxygen atoms in total. The van der Waals surface area contributed by atoms with Crippen LogP contribution in [0.5, 0.6) is 0 Å².